The molecule has 0 aromatic heterocycles. The van der Waals surface area contributed by atoms with E-state index < -0.39 is 0 Å². The molecule has 1 amide bonds. The van der Waals surface area contributed by atoms with Crippen LogP contribution in [-0.2, 0) is 9.53 Å². The van der Waals surface area contributed by atoms with Gasteiger partial charge in [0.05, 0.1) is 6.61 Å². The molecule has 0 aliphatic heterocycles. The minimum atomic E-state index is -0.168. The molecule has 146 valence electrons. The Morgan fingerprint density at radius 2 is 1.61 bits per heavy atom. The average Bonchev–Trinajstić information content (AvgIpc) is 2.99. The number of unbranched alkanes of at least 4 members (excludes halogenated alkanes) is 3. The first-order valence-electron chi connectivity index (χ1n) is 9.83. The highest BCUT2D eigenvalue weighted by molar-refractivity contribution is 6.22. The number of fused-ring (bicyclic) bond motifs is 3. The molecule has 28 heavy (non-hydrogen) atoms. The summed E-state index contributed by atoms with van der Waals surface area (Å²) < 4.78 is 4.89. The van der Waals surface area contributed by atoms with Gasteiger partial charge in [0.15, 0.2) is 5.78 Å². The van der Waals surface area contributed by atoms with Crippen molar-refractivity contribution in [2.75, 3.05) is 13.2 Å². The van der Waals surface area contributed by atoms with Gasteiger partial charge in [-0.05, 0) is 43.0 Å². The molecule has 1 N–H and O–H groups in total. The van der Waals surface area contributed by atoms with Crippen molar-refractivity contribution in [3.63, 3.8) is 0 Å². The number of carbonyl (C=O) groups is 3. The van der Waals surface area contributed by atoms with Gasteiger partial charge in [-0.1, -0.05) is 43.2 Å². The molecule has 5 nitrogen and oxygen atoms in total. The van der Waals surface area contributed by atoms with Crippen LogP contribution in [0.1, 0.15) is 65.3 Å². The van der Waals surface area contributed by atoms with Gasteiger partial charge in [-0.15, -0.1) is 0 Å². The Kier molecular flexibility index (Phi) is 6.58. The van der Waals surface area contributed by atoms with Crippen LogP contribution in [-0.4, -0.2) is 30.8 Å². The highest BCUT2D eigenvalue weighted by Gasteiger charge is 2.26. The van der Waals surface area contributed by atoms with E-state index in [9.17, 15) is 14.4 Å². The van der Waals surface area contributed by atoms with E-state index in [1.54, 1.807) is 19.1 Å². The normalized spacial score (nSPS) is 11.7. The maximum absolute atomic E-state index is 12.5. The Morgan fingerprint density at radius 1 is 0.893 bits per heavy atom. The molecule has 0 saturated carbocycles. The molecule has 0 radical (unpaired) electrons. The molecule has 0 fully saturated rings. The van der Waals surface area contributed by atoms with Gasteiger partial charge in [0.1, 0.15) is 0 Å². The van der Waals surface area contributed by atoms with Crippen molar-refractivity contribution in [1.82, 2.24) is 5.32 Å². The van der Waals surface area contributed by atoms with Crippen molar-refractivity contribution >= 4 is 17.7 Å². The lowest BCUT2D eigenvalue weighted by molar-refractivity contribution is -0.143. The number of esters is 1. The monoisotopic (exact) mass is 379 g/mol. The van der Waals surface area contributed by atoms with E-state index in [0.29, 0.717) is 36.3 Å². The van der Waals surface area contributed by atoms with Crippen molar-refractivity contribution in [2.24, 2.45) is 0 Å². The highest BCUT2D eigenvalue weighted by Crippen LogP contribution is 2.36. The molecule has 0 atom stereocenters. The standard InChI is InChI=1S/C23H25NO4/c1-2-28-21(25)11-5-3-4-8-14-24-23(27)16-12-13-18-17-9-6-7-10-19(17)22(26)20(18)15-16/h6-7,9-10,12-13,15H,2-5,8,11,14H2,1H3,(H,24,27). The Balaban J connectivity index is 1.45. The molecule has 0 spiro atoms. The molecule has 2 aromatic carbocycles. The maximum Gasteiger partial charge on any atom is 0.305 e. The van der Waals surface area contributed by atoms with E-state index in [4.69, 9.17) is 4.74 Å². The van der Waals surface area contributed by atoms with Crippen LogP contribution in [0.25, 0.3) is 11.1 Å². The molecule has 1 aliphatic rings. The Morgan fingerprint density at radius 3 is 2.39 bits per heavy atom. The van der Waals surface area contributed by atoms with Crippen molar-refractivity contribution < 1.29 is 19.1 Å². The molecular formula is C23H25NO4. The summed E-state index contributed by atoms with van der Waals surface area (Å²) in [5.41, 5.74) is 3.60. The lowest BCUT2D eigenvalue weighted by Crippen LogP contribution is -2.24. The smallest absolute Gasteiger partial charge is 0.305 e. The van der Waals surface area contributed by atoms with Gasteiger partial charge in [-0.2, -0.15) is 0 Å². The number of hydrogen-bond acceptors (Lipinski definition) is 4. The molecule has 1 aliphatic carbocycles. The fourth-order valence-electron chi connectivity index (χ4n) is 3.45. The van der Waals surface area contributed by atoms with E-state index in [1.165, 1.54) is 0 Å². The number of carbonyl (C=O) groups excluding carboxylic acids is 3. The van der Waals surface area contributed by atoms with Crippen LogP contribution >= 0.6 is 0 Å². The summed E-state index contributed by atoms with van der Waals surface area (Å²) in [4.78, 5) is 36.2. The maximum atomic E-state index is 12.5. The van der Waals surface area contributed by atoms with Crippen LogP contribution in [0.3, 0.4) is 0 Å². The second kappa shape index (κ2) is 9.31. The highest BCUT2D eigenvalue weighted by atomic mass is 16.5. The predicted molar refractivity (Wildman–Crippen MR) is 107 cm³/mol. The van der Waals surface area contributed by atoms with Gasteiger partial charge in [0.2, 0.25) is 0 Å². The third-order valence-corrected chi connectivity index (χ3v) is 4.89. The lowest BCUT2D eigenvalue weighted by Gasteiger charge is -2.07. The SMILES string of the molecule is CCOC(=O)CCCCCCNC(=O)c1ccc2c(c1)C(=O)c1ccccc1-2. The summed E-state index contributed by atoms with van der Waals surface area (Å²) in [7, 11) is 0. The number of amides is 1. The minimum absolute atomic E-state index is 0.0261. The van der Waals surface area contributed by atoms with Crippen LogP contribution in [0.5, 0.6) is 0 Å². The van der Waals surface area contributed by atoms with Crippen LogP contribution in [0.2, 0.25) is 0 Å². The predicted octanol–water partition coefficient (Wildman–Crippen LogP) is 4.14. The first-order valence-corrected chi connectivity index (χ1v) is 9.83. The van der Waals surface area contributed by atoms with Gasteiger partial charge in [-0.3, -0.25) is 14.4 Å². The fourth-order valence-corrected chi connectivity index (χ4v) is 3.45. The zero-order valence-corrected chi connectivity index (χ0v) is 16.1. The number of ether oxygens (including phenoxy) is 1. The van der Waals surface area contributed by atoms with E-state index >= 15 is 0 Å². The second-order valence-electron chi connectivity index (χ2n) is 6.86. The fraction of sp³-hybridized carbons (Fsp3) is 0.348. The van der Waals surface area contributed by atoms with Crippen molar-refractivity contribution in [1.29, 1.82) is 0 Å². The van der Waals surface area contributed by atoms with Crippen LogP contribution in [0.15, 0.2) is 42.5 Å². The van der Waals surface area contributed by atoms with E-state index in [2.05, 4.69) is 5.32 Å². The number of ketones is 1. The van der Waals surface area contributed by atoms with E-state index in [1.807, 2.05) is 30.3 Å². The molecule has 0 unspecified atom stereocenters. The molecule has 0 saturated heterocycles. The van der Waals surface area contributed by atoms with Crippen molar-refractivity contribution in [2.45, 2.75) is 39.0 Å². The zero-order valence-electron chi connectivity index (χ0n) is 16.1. The van der Waals surface area contributed by atoms with Crippen molar-refractivity contribution in [3.8, 4) is 11.1 Å². The number of nitrogens with one attached hydrogen (secondary N) is 1. The molecule has 0 bridgehead atoms. The Bertz CT molecular complexity index is 888. The topological polar surface area (TPSA) is 72.5 Å². The molecule has 5 heteroatoms. The first kappa shape index (κ1) is 19.8. The van der Waals surface area contributed by atoms with Crippen LogP contribution in [0.4, 0.5) is 0 Å². The van der Waals surface area contributed by atoms with Crippen molar-refractivity contribution in [3.05, 3.63) is 59.2 Å². The zero-order chi connectivity index (χ0) is 19.9. The van der Waals surface area contributed by atoms with Gasteiger partial charge in [0, 0.05) is 29.7 Å². The third kappa shape index (κ3) is 4.47. The summed E-state index contributed by atoms with van der Waals surface area (Å²) in [6.07, 6.45) is 3.98. The number of hydrogen-bond donors (Lipinski definition) is 1. The first-order chi connectivity index (χ1) is 13.6. The third-order valence-electron chi connectivity index (χ3n) is 4.89. The number of rotatable bonds is 9. The van der Waals surface area contributed by atoms with Crippen LogP contribution in [0, 0.1) is 0 Å². The summed E-state index contributed by atoms with van der Waals surface area (Å²) in [5, 5.41) is 2.90. The van der Waals surface area contributed by atoms with Gasteiger partial charge >= 0.3 is 5.97 Å². The lowest BCUT2D eigenvalue weighted by atomic mass is 10.0. The summed E-state index contributed by atoms with van der Waals surface area (Å²) in [5.74, 6) is -0.343. The molecular weight excluding hydrogens is 354 g/mol. The molecule has 3 rings (SSSR count). The number of benzene rings is 2. The van der Waals surface area contributed by atoms with Crippen LogP contribution < -0.4 is 5.32 Å². The summed E-state index contributed by atoms with van der Waals surface area (Å²) >= 11 is 0. The van der Waals surface area contributed by atoms with E-state index in [-0.39, 0.29) is 17.7 Å². The average molecular weight is 379 g/mol. The van der Waals surface area contributed by atoms with Gasteiger partial charge < -0.3 is 10.1 Å². The largest absolute Gasteiger partial charge is 0.466 e. The quantitative estimate of drug-likeness (QED) is 0.448. The summed E-state index contributed by atoms with van der Waals surface area (Å²) in [6.45, 7) is 2.80. The summed E-state index contributed by atoms with van der Waals surface area (Å²) in [6, 6.07) is 12.8. The Hall–Kier alpha value is -2.95. The second-order valence-corrected chi connectivity index (χ2v) is 6.86. The molecule has 2 aromatic rings. The Labute approximate surface area is 165 Å². The van der Waals surface area contributed by atoms with E-state index in [0.717, 1.165) is 36.8 Å². The minimum Gasteiger partial charge on any atom is -0.466 e. The van der Waals surface area contributed by atoms with Gasteiger partial charge in [0.25, 0.3) is 5.91 Å². The van der Waals surface area contributed by atoms with Gasteiger partial charge in [-0.25, -0.2) is 0 Å². The molecule has 0 heterocycles.